The standard InChI is InChI=1S/C17H26N2O/c18-12-14-4-8-17(9-5-14)20-11-1-10-19(16-6-7-16)13-15-2-3-15/h4-5,8-9,15-16H,1-3,6-7,10-13,18H2. The van der Waals surface area contributed by atoms with Crippen LogP contribution in [0.3, 0.4) is 0 Å². The maximum atomic E-state index is 5.81. The molecule has 3 nitrogen and oxygen atoms in total. The number of ether oxygens (including phenoxy) is 1. The van der Waals surface area contributed by atoms with E-state index in [-0.39, 0.29) is 0 Å². The minimum atomic E-state index is 0.595. The predicted molar refractivity (Wildman–Crippen MR) is 81.8 cm³/mol. The van der Waals surface area contributed by atoms with E-state index < -0.39 is 0 Å². The van der Waals surface area contributed by atoms with Crippen molar-refractivity contribution in [2.45, 2.75) is 44.7 Å². The zero-order valence-corrected chi connectivity index (χ0v) is 12.3. The summed E-state index contributed by atoms with van der Waals surface area (Å²) in [5.41, 5.74) is 6.74. The van der Waals surface area contributed by atoms with Gasteiger partial charge in [0.2, 0.25) is 0 Å². The minimum Gasteiger partial charge on any atom is -0.494 e. The molecule has 3 rings (SSSR count). The van der Waals surface area contributed by atoms with Crippen LogP contribution in [-0.2, 0) is 6.54 Å². The van der Waals surface area contributed by atoms with E-state index in [9.17, 15) is 0 Å². The van der Waals surface area contributed by atoms with Gasteiger partial charge in [0.1, 0.15) is 5.75 Å². The number of nitrogens with two attached hydrogens (primary N) is 1. The zero-order valence-electron chi connectivity index (χ0n) is 12.3. The lowest BCUT2D eigenvalue weighted by atomic mass is 10.2. The molecule has 0 amide bonds. The Labute approximate surface area is 122 Å². The van der Waals surface area contributed by atoms with Gasteiger partial charge < -0.3 is 10.5 Å². The van der Waals surface area contributed by atoms with Crippen LogP contribution in [0, 0.1) is 5.92 Å². The Bertz CT molecular complexity index is 410. The molecule has 1 aromatic rings. The third kappa shape index (κ3) is 4.22. The Morgan fingerprint density at radius 1 is 1.10 bits per heavy atom. The molecule has 2 fully saturated rings. The lowest BCUT2D eigenvalue weighted by molar-refractivity contribution is 0.220. The van der Waals surface area contributed by atoms with Crippen molar-refractivity contribution in [2.24, 2.45) is 11.7 Å². The molecule has 3 heteroatoms. The first-order valence-electron chi connectivity index (χ1n) is 8.01. The van der Waals surface area contributed by atoms with Crippen molar-refractivity contribution >= 4 is 0 Å². The highest BCUT2D eigenvalue weighted by molar-refractivity contribution is 5.27. The average molecular weight is 274 g/mol. The Morgan fingerprint density at radius 2 is 1.85 bits per heavy atom. The molecule has 0 aromatic heterocycles. The van der Waals surface area contributed by atoms with Crippen LogP contribution < -0.4 is 10.5 Å². The normalized spacial score (nSPS) is 18.5. The van der Waals surface area contributed by atoms with Crippen LogP contribution in [0.5, 0.6) is 5.75 Å². The summed E-state index contributed by atoms with van der Waals surface area (Å²) in [5.74, 6) is 1.96. The van der Waals surface area contributed by atoms with E-state index in [1.165, 1.54) is 38.8 Å². The smallest absolute Gasteiger partial charge is 0.119 e. The van der Waals surface area contributed by atoms with Crippen LogP contribution >= 0.6 is 0 Å². The average Bonchev–Trinajstić information content (AvgIpc) is 3.36. The summed E-state index contributed by atoms with van der Waals surface area (Å²) < 4.78 is 5.81. The molecule has 0 spiro atoms. The van der Waals surface area contributed by atoms with Gasteiger partial charge in [-0.1, -0.05) is 12.1 Å². The zero-order chi connectivity index (χ0) is 13.8. The molecule has 2 aliphatic rings. The topological polar surface area (TPSA) is 38.5 Å². The molecule has 2 aliphatic carbocycles. The molecule has 0 atom stereocenters. The maximum Gasteiger partial charge on any atom is 0.119 e. The van der Waals surface area contributed by atoms with Gasteiger partial charge in [0.25, 0.3) is 0 Å². The highest BCUT2D eigenvalue weighted by atomic mass is 16.5. The van der Waals surface area contributed by atoms with Gasteiger partial charge >= 0.3 is 0 Å². The summed E-state index contributed by atoms with van der Waals surface area (Å²) in [7, 11) is 0. The molecule has 0 heterocycles. The fourth-order valence-corrected chi connectivity index (χ4v) is 2.67. The number of nitrogens with zero attached hydrogens (tertiary/aromatic N) is 1. The third-order valence-electron chi connectivity index (χ3n) is 4.27. The first kappa shape index (κ1) is 13.9. The Balaban J connectivity index is 1.35. The second kappa shape index (κ2) is 6.59. The highest BCUT2D eigenvalue weighted by Crippen LogP contribution is 2.34. The van der Waals surface area contributed by atoms with Crippen LogP contribution in [0.1, 0.15) is 37.7 Å². The molecule has 0 bridgehead atoms. The van der Waals surface area contributed by atoms with E-state index in [0.717, 1.165) is 36.3 Å². The molecule has 2 saturated carbocycles. The van der Waals surface area contributed by atoms with Crippen LogP contribution in [0.4, 0.5) is 0 Å². The summed E-state index contributed by atoms with van der Waals surface area (Å²) in [5, 5.41) is 0. The number of hydrogen-bond acceptors (Lipinski definition) is 3. The lowest BCUT2D eigenvalue weighted by Crippen LogP contribution is -2.30. The van der Waals surface area contributed by atoms with Crippen molar-refractivity contribution in [3.05, 3.63) is 29.8 Å². The van der Waals surface area contributed by atoms with Crippen molar-refractivity contribution in [1.29, 1.82) is 0 Å². The van der Waals surface area contributed by atoms with Gasteiger partial charge in [0, 0.05) is 25.7 Å². The largest absolute Gasteiger partial charge is 0.494 e. The predicted octanol–water partition coefficient (Wildman–Crippen LogP) is 2.79. The van der Waals surface area contributed by atoms with Crippen molar-refractivity contribution < 1.29 is 4.74 Å². The van der Waals surface area contributed by atoms with Crippen LogP contribution in [-0.4, -0.2) is 30.6 Å². The summed E-state index contributed by atoms with van der Waals surface area (Å²) in [4.78, 5) is 2.69. The van der Waals surface area contributed by atoms with E-state index in [1.54, 1.807) is 0 Å². The Kier molecular flexibility index (Phi) is 4.58. The van der Waals surface area contributed by atoms with Crippen LogP contribution in [0.2, 0.25) is 0 Å². The molecule has 110 valence electrons. The molecular formula is C17H26N2O. The van der Waals surface area contributed by atoms with E-state index in [4.69, 9.17) is 10.5 Å². The minimum absolute atomic E-state index is 0.595. The van der Waals surface area contributed by atoms with Gasteiger partial charge in [0.05, 0.1) is 6.61 Å². The van der Waals surface area contributed by atoms with Gasteiger partial charge in [-0.25, -0.2) is 0 Å². The van der Waals surface area contributed by atoms with E-state index in [1.807, 2.05) is 24.3 Å². The molecular weight excluding hydrogens is 248 g/mol. The first-order chi connectivity index (χ1) is 9.85. The van der Waals surface area contributed by atoms with Crippen molar-refractivity contribution in [3.63, 3.8) is 0 Å². The molecule has 20 heavy (non-hydrogen) atoms. The van der Waals surface area contributed by atoms with Crippen molar-refractivity contribution in [3.8, 4) is 5.75 Å². The number of hydrogen-bond donors (Lipinski definition) is 1. The first-order valence-corrected chi connectivity index (χ1v) is 8.01. The molecule has 0 radical (unpaired) electrons. The SMILES string of the molecule is NCc1ccc(OCCCN(CC2CC2)C2CC2)cc1. The summed E-state index contributed by atoms with van der Waals surface area (Å²) in [6.07, 6.45) is 6.85. The second-order valence-electron chi connectivity index (χ2n) is 6.22. The van der Waals surface area contributed by atoms with E-state index in [2.05, 4.69) is 4.90 Å². The van der Waals surface area contributed by atoms with Crippen molar-refractivity contribution in [2.75, 3.05) is 19.7 Å². The summed E-state index contributed by atoms with van der Waals surface area (Å²) in [6, 6.07) is 9.01. The van der Waals surface area contributed by atoms with E-state index in [0.29, 0.717) is 6.54 Å². The fourth-order valence-electron chi connectivity index (χ4n) is 2.67. The lowest BCUT2D eigenvalue weighted by Gasteiger charge is -2.21. The van der Waals surface area contributed by atoms with Gasteiger partial charge in [-0.05, 0) is 55.7 Å². The van der Waals surface area contributed by atoms with Gasteiger partial charge in [-0.2, -0.15) is 0 Å². The molecule has 0 aliphatic heterocycles. The van der Waals surface area contributed by atoms with E-state index >= 15 is 0 Å². The molecule has 2 N–H and O–H groups in total. The Hall–Kier alpha value is -1.06. The highest BCUT2D eigenvalue weighted by Gasteiger charge is 2.33. The van der Waals surface area contributed by atoms with Gasteiger partial charge in [-0.15, -0.1) is 0 Å². The third-order valence-corrected chi connectivity index (χ3v) is 4.27. The Morgan fingerprint density at radius 3 is 2.45 bits per heavy atom. The van der Waals surface area contributed by atoms with Crippen molar-refractivity contribution in [1.82, 2.24) is 4.90 Å². The summed E-state index contributed by atoms with van der Waals surface area (Å²) >= 11 is 0. The summed E-state index contributed by atoms with van der Waals surface area (Å²) in [6.45, 7) is 3.94. The number of rotatable bonds is 9. The molecule has 0 unspecified atom stereocenters. The van der Waals surface area contributed by atoms with Gasteiger partial charge in [-0.3, -0.25) is 4.90 Å². The maximum absolute atomic E-state index is 5.81. The molecule has 0 saturated heterocycles. The fraction of sp³-hybridized carbons (Fsp3) is 0.647. The van der Waals surface area contributed by atoms with Crippen LogP contribution in [0.25, 0.3) is 0 Å². The quantitative estimate of drug-likeness (QED) is 0.704. The second-order valence-corrected chi connectivity index (χ2v) is 6.22. The monoisotopic (exact) mass is 274 g/mol. The van der Waals surface area contributed by atoms with Gasteiger partial charge in [0.15, 0.2) is 0 Å². The van der Waals surface area contributed by atoms with Crippen LogP contribution in [0.15, 0.2) is 24.3 Å². The molecule has 1 aromatic carbocycles. The number of benzene rings is 1.